The molecule has 2 aliphatic heterocycles. The predicted molar refractivity (Wildman–Crippen MR) is 96.5 cm³/mol. The summed E-state index contributed by atoms with van der Waals surface area (Å²) in [6.45, 7) is 4.67. The molecule has 0 aromatic heterocycles. The van der Waals surface area contributed by atoms with E-state index >= 15 is 0 Å². The molecule has 0 saturated carbocycles. The molecule has 1 aromatic carbocycles. The summed E-state index contributed by atoms with van der Waals surface area (Å²) in [5.41, 5.74) is 0.595. The molecule has 2 saturated heterocycles. The van der Waals surface area contributed by atoms with E-state index in [2.05, 4.69) is 17.2 Å². The van der Waals surface area contributed by atoms with Crippen LogP contribution >= 0.6 is 0 Å². The van der Waals surface area contributed by atoms with Gasteiger partial charge in [0.1, 0.15) is 0 Å². The number of aliphatic hydroxyl groups is 1. The van der Waals surface area contributed by atoms with Crippen molar-refractivity contribution < 1.29 is 19.5 Å². The smallest absolute Gasteiger partial charge is 0.253 e. The second-order valence-corrected chi connectivity index (χ2v) is 6.93. The second-order valence-electron chi connectivity index (χ2n) is 6.93. The lowest BCUT2D eigenvalue weighted by atomic mass is 9.69. The number of nitrogens with one attached hydrogen (secondary N) is 2. The monoisotopic (exact) mass is 357 g/mol. The third kappa shape index (κ3) is 3.62. The molecule has 7 heteroatoms. The van der Waals surface area contributed by atoms with Crippen LogP contribution in [0.3, 0.4) is 0 Å². The van der Waals surface area contributed by atoms with Gasteiger partial charge in [-0.3, -0.25) is 14.4 Å². The van der Waals surface area contributed by atoms with Crippen LogP contribution in [0, 0.1) is 5.41 Å². The fourth-order valence-corrected chi connectivity index (χ4v) is 3.70. The van der Waals surface area contributed by atoms with E-state index in [-0.39, 0.29) is 24.3 Å². The molecule has 3 amide bonds. The molecule has 0 radical (unpaired) electrons. The highest BCUT2D eigenvalue weighted by Gasteiger charge is 2.45. The molecule has 138 valence electrons. The molecular formula is C19H23N3O4. The van der Waals surface area contributed by atoms with Gasteiger partial charge in [-0.25, -0.2) is 0 Å². The van der Waals surface area contributed by atoms with Crippen LogP contribution in [0.1, 0.15) is 29.6 Å². The number of likely N-dealkylation sites (tertiary alicyclic amines) is 1. The molecule has 3 rings (SSSR count). The molecule has 2 aliphatic rings. The maximum Gasteiger partial charge on any atom is 0.253 e. The van der Waals surface area contributed by atoms with Crippen molar-refractivity contribution in [2.45, 2.75) is 25.4 Å². The van der Waals surface area contributed by atoms with Gasteiger partial charge in [-0.1, -0.05) is 12.6 Å². The maximum absolute atomic E-state index is 12.8. The average Bonchev–Trinajstić information content (AvgIpc) is 2.65. The zero-order valence-electron chi connectivity index (χ0n) is 14.5. The Hall–Kier alpha value is -2.67. The van der Waals surface area contributed by atoms with Crippen LogP contribution in [0.2, 0.25) is 0 Å². The van der Waals surface area contributed by atoms with Crippen LogP contribution in [0.25, 0.3) is 0 Å². The van der Waals surface area contributed by atoms with Gasteiger partial charge in [-0.15, -0.1) is 0 Å². The van der Waals surface area contributed by atoms with Crippen LogP contribution in [0.4, 0.5) is 5.69 Å². The number of rotatable bonds is 3. The minimum absolute atomic E-state index is 0.0410. The van der Waals surface area contributed by atoms with Gasteiger partial charge in [-0.2, -0.15) is 0 Å². The molecule has 0 bridgehead atoms. The Kier molecular flexibility index (Phi) is 5.08. The number of carbonyl (C=O) groups excluding carboxylic acids is 3. The third-order valence-electron chi connectivity index (χ3n) is 5.32. The quantitative estimate of drug-likeness (QED) is 0.701. The molecule has 0 aliphatic carbocycles. The molecule has 7 nitrogen and oxygen atoms in total. The number of β-amino-alcohol motifs (C(OH)–C–C–N with tert-alkyl or cyclic N) is 1. The van der Waals surface area contributed by atoms with E-state index in [4.69, 9.17) is 0 Å². The molecule has 3 N–H and O–H groups in total. The van der Waals surface area contributed by atoms with Gasteiger partial charge in [0.05, 0.1) is 6.10 Å². The van der Waals surface area contributed by atoms with Crippen molar-refractivity contribution >= 4 is 23.4 Å². The van der Waals surface area contributed by atoms with Crippen molar-refractivity contribution in [1.82, 2.24) is 10.2 Å². The number of hydrogen-bond acceptors (Lipinski definition) is 4. The first-order valence-corrected chi connectivity index (χ1v) is 8.71. The Morgan fingerprint density at radius 1 is 1.35 bits per heavy atom. The van der Waals surface area contributed by atoms with Gasteiger partial charge >= 0.3 is 0 Å². The number of benzene rings is 1. The third-order valence-corrected chi connectivity index (χ3v) is 5.32. The normalized spacial score (nSPS) is 21.8. The van der Waals surface area contributed by atoms with E-state index in [1.807, 2.05) is 0 Å². The summed E-state index contributed by atoms with van der Waals surface area (Å²) in [4.78, 5) is 37.6. The van der Waals surface area contributed by atoms with Gasteiger partial charge in [-0.05, 0) is 37.1 Å². The SMILES string of the molecule is C=CC(=O)Nc1cccc(C(=O)N2CCC3(CC2)CC(=O)NCC3O)c1. The van der Waals surface area contributed by atoms with E-state index in [0.29, 0.717) is 43.6 Å². The van der Waals surface area contributed by atoms with Gasteiger partial charge < -0.3 is 20.6 Å². The lowest BCUT2D eigenvalue weighted by Gasteiger charge is -2.46. The number of carbonyl (C=O) groups is 3. The van der Waals surface area contributed by atoms with Crippen molar-refractivity contribution in [2.75, 3.05) is 25.0 Å². The number of hydrogen-bond donors (Lipinski definition) is 3. The molecular weight excluding hydrogens is 334 g/mol. The zero-order valence-corrected chi connectivity index (χ0v) is 14.5. The van der Waals surface area contributed by atoms with Gasteiger partial charge in [0.15, 0.2) is 0 Å². The van der Waals surface area contributed by atoms with E-state index in [1.165, 1.54) is 6.08 Å². The molecule has 1 spiro atoms. The fraction of sp³-hybridized carbons (Fsp3) is 0.421. The molecule has 1 atom stereocenters. The molecule has 2 heterocycles. The van der Waals surface area contributed by atoms with E-state index in [0.717, 1.165) is 0 Å². The number of aliphatic hydroxyl groups excluding tert-OH is 1. The summed E-state index contributed by atoms with van der Waals surface area (Å²) >= 11 is 0. The first-order valence-electron chi connectivity index (χ1n) is 8.71. The van der Waals surface area contributed by atoms with E-state index < -0.39 is 11.5 Å². The lowest BCUT2D eigenvalue weighted by Crippen LogP contribution is -2.56. The Morgan fingerprint density at radius 3 is 2.77 bits per heavy atom. The minimum Gasteiger partial charge on any atom is -0.391 e. The van der Waals surface area contributed by atoms with Crippen molar-refractivity contribution in [2.24, 2.45) is 5.41 Å². The van der Waals surface area contributed by atoms with Gasteiger partial charge in [0.2, 0.25) is 11.8 Å². The standard InChI is InChI=1S/C19H23N3O4/c1-2-16(24)21-14-5-3-4-13(10-14)18(26)22-8-6-19(7-9-22)11-17(25)20-12-15(19)23/h2-5,10,15,23H,1,6-9,11-12H2,(H,20,25)(H,21,24). The Morgan fingerprint density at radius 2 is 2.08 bits per heavy atom. The zero-order chi connectivity index (χ0) is 18.7. The Balaban J connectivity index is 1.67. The number of anilines is 1. The molecule has 2 fully saturated rings. The highest BCUT2D eigenvalue weighted by molar-refractivity contribution is 6.00. The lowest BCUT2D eigenvalue weighted by molar-refractivity contribution is -0.134. The maximum atomic E-state index is 12.8. The van der Waals surface area contributed by atoms with Crippen molar-refractivity contribution in [1.29, 1.82) is 0 Å². The molecule has 1 unspecified atom stereocenters. The van der Waals surface area contributed by atoms with Crippen molar-refractivity contribution in [3.63, 3.8) is 0 Å². The van der Waals surface area contributed by atoms with Gasteiger partial charge in [0.25, 0.3) is 5.91 Å². The summed E-state index contributed by atoms with van der Waals surface area (Å²) in [6.07, 6.45) is 2.10. The average molecular weight is 357 g/mol. The Labute approximate surface area is 152 Å². The van der Waals surface area contributed by atoms with E-state index in [1.54, 1.807) is 29.2 Å². The summed E-state index contributed by atoms with van der Waals surface area (Å²) in [5.74, 6) is -0.496. The van der Waals surface area contributed by atoms with Crippen LogP contribution < -0.4 is 10.6 Å². The number of nitrogens with zero attached hydrogens (tertiary/aromatic N) is 1. The van der Waals surface area contributed by atoms with Crippen molar-refractivity contribution in [3.05, 3.63) is 42.5 Å². The summed E-state index contributed by atoms with van der Waals surface area (Å²) < 4.78 is 0. The highest BCUT2D eigenvalue weighted by Crippen LogP contribution is 2.40. The second kappa shape index (κ2) is 7.29. The number of piperidine rings is 2. The first-order chi connectivity index (χ1) is 12.4. The summed E-state index contributed by atoms with van der Waals surface area (Å²) in [7, 11) is 0. The highest BCUT2D eigenvalue weighted by atomic mass is 16.3. The topological polar surface area (TPSA) is 98.7 Å². The predicted octanol–water partition coefficient (Wildman–Crippen LogP) is 0.914. The Bertz CT molecular complexity index is 738. The summed E-state index contributed by atoms with van der Waals surface area (Å²) in [6, 6.07) is 6.77. The van der Waals surface area contributed by atoms with Crippen molar-refractivity contribution in [3.8, 4) is 0 Å². The van der Waals surface area contributed by atoms with E-state index in [9.17, 15) is 19.5 Å². The molecule has 26 heavy (non-hydrogen) atoms. The van der Waals surface area contributed by atoms with Crippen LogP contribution in [0.5, 0.6) is 0 Å². The number of amides is 3. The van der Waals surface area contributed by atoms with Crippen LogP contribution in [-0.4, -0.2) is 53.5 Å². The van der Waals surface area contributed by atoms with Crippen LogP contribution in [-0.2, 0) is 9.59 Å². The van der Waals surface area contributed by atoms with Gasteiger partial charge in [0, 0.05) is 42.7 Å². The van der Waals surface area contributed by atoms with Crippen LogP contribution in [0.15, 0.2) is 36.9 Å². The first kappa shape index (κ1) is 18.1. The summed E-state index contributed by atoms with van der Waals surface area (Å²) in [5, 5.41) is 15.6. The minimum atomic E-state index is -0.574. The molecule has 1 aromatic rings. The fourth-order valence-electron chi connectivity index (χ4n) is 3.70. The largest absolute Gasteiger partial charge is 0.391 e.